The number of rotatable bonds is 5. The molecule has 0 aliphatic rings. The largest absolute Gasteiger partial charge is 0.464 e. The van der Waals surface area contributed by atoms with E-state index in [1.165, 1.54) is 22.3 Å². The highest BCUT2D eigenvalue weighted by Crippen LogP contribution is 2.35. The lowest BCUT2D eigenvalue weighted by molar-refractivity contribution is 0.616. The lowest BCUT2D eigenvalue weighted by Gasteiger charge is -2.10. The Balaban J connectivity index is 1.33. The second-order valence-electron chi connectivity index (χ2n) is 9.31. The van der Waals surface area contributed by atoms with Gasteiger partial charge in [0.25, 0.3) is 0 Å². The van der Waals surface area contributed by atoms with E-state index >= 15 is 0 Å². The number of hydrogen-bond donors (Lipinski definition) is 0. The Morgan fingerprint density at radius 3 is 2.14 bits per heavy atom. The van der Waals surface area contributed by atoms with E-state index in [-0.39, 0.29) is 0 Å². The zero-order valence-electron chi connectivity index (χ0n) is 20.2. The standard InChI is InChI=1S/C34H24N2O/c1-3-9-24(10-4-1)21-25-15-20-29-30(23-37-33(29)22-25)34-35-31-13-7-8-14-32(31)36(34)28-18-16-27(17-19-28)26-11-5-2-6-12-26/h1-20,22-23H,21H2. The highest BCUT2D eigenvalue weighted by atomic mass is 16.3. The van der Waals surface area contributed by atoms with Crippen molar-refractivity contribution in [1.29, 1.82) is 0 Å². The maximum Gasteiger partial charge on any atom is 0.149 e. The zero-order chi connectivity index (χ0) is 24.6. The monoisotopic (exact) mass is 476 g/mol. The number of furan rings is 1. The van der Waals surface area contributed by atoms with Crippen molar-refractivity contribution in [3.63, 3.8) is 0 Å². The SMILES string of the molecule is c1ccc(Cc2ccc3c(-c4nc5ccccc5n4-c4ccc(-c5ccccc5)cc4)coc3c2)cc1. The molecule has 0 N–H and O–H groups in total. The third-order valence-electron chi connectivity index (χ3n) is 6.93. The summed E-state index contributed by atoms with van der Waals surface area (Å²) in [4.78, 5) is 5.06. The molecule has 3 nitrogen and oxygen atoms in total. The second kappa shape index (κ2) is 8.96. The van der Waals surface area contributed by atoms with E-state index < -0.39 is 0 Å². The third-order valence-corrected chi connectivity index (χ3v) is 6.93. The molecule has 0 spiro atoms. The van der Waals surface area contributed by atoms with Crippen LogP contribution in [0.2, 0.25) is 0 Å². The van der Waals surface area contributed by atoms with Gasteiger partial charge < -0.3 is 4.42 Å². The molecule has 0 saturated heterocycles. The van der Waals surface area contributed by atoms with Gasteiger partial charge in [-0.2, -0.15) is 0 Å². The predicted molar refractivity (Wildman–Crippen MR) is 151 cm³/mol. The number of aromatic nitrogens is 2. The molecular weight excluding hydrogens is 452 g/mol. The van der Waals surface area contributed by atoms with E-state index in [4.69, 9.17) is 9.40 Å². The molecule has 0 unspecified atom stereocenters. The van der Waals surface area contributed by atoms with Crippen molar-refractivity contribution in [2.24, 2.45) is 0 Å². The highest BCUT2D eigenvalue weighted by molar-refractivity contribution is 5.95. The summed E-state index contributed by atoms with van der Waals surface area (Å²) in [7, 11) is 0. The van der Waals surface area contributed by atoms with Crippen LogP contribution in [0.5, 0.6) is 0 Å². The van der Waals surface area contributed by atoms with Gasteiger partial charge in [-0.25, -0.2) is 4.98 Å². The van der Waals surface area contributed by atoms with Gasteiger partial charge in [0.2, 0.25) is 0 Å². The van der Waals surface area contributed by atoms with Gasteiger partial charge in [0.1, 0.15) is 17.7 Å². The van der Waals surface area contributed by atoms with Crippen LogP contribution in [0.1, 0.15) is 11.1 Å². The van der Waals surface area contributed by atoms with Gasteiger partial charge in [-0.3, -0.25) is 4.57 Å². The average molecular weight is 477 g/mol. The first-order valence-corrected chi connectivity index (χ1v) is 12.5. The molecule has 3 heteroatoms. The van der Waals surface area contributed by atoms with Crippen LogP contribution in [0.3, 0.4) is 0 Å². The van der Waals surface area contributed by atoms with Gasteiger partial charge in [-0.05, 0) is 59.0 Å². The lowest BCUT2D eigenvalue weighted by Crippen LogP contribution is -1.97. The number of fused-ring (bicyclic) bond motifs is 2. The molecule has 176 valence electrons. The van der Waals surface area contributed by atoms with Gasteiger partial charge in [0.15, 0.2) is 0 Å². The molecule has 0 fully saturated rings. The molecule has 0 atom stereocenters. The minimum absolute atomic E-state index is 0.874. The fourth-order valence-corrected chi connectivity index (χ4v) is 5.09. The summed E-state index contributed by atoms with van der Waals surface area (Å²) < 4.78 is 8.32. The molecule has 0 aliphatic heterocycles. The minimum Gasteiger partial charge on any atom is -0.464 e. The number of imidazole rings is 1. The molecule has 7 aromatic rings. The van der Waals surface area contributed by atoms with E-state index in [0.29, 0.717) is 0 Å². The molecule has 2 heterocycles. The maximum atomic E-state index is 6.09. The summed E-state index contributed by atoms with van der Waals surface area (Å²) in [5.74, 6) is 0.878. The molecule has 0 aliphatic carbocycles. The normalized spacial score (nSPS) is 11.4. The van der Waals surface area contributed by atoms with Crippen LogP contribution in [0.4, 0.5) is 0 Å². The first-order chi connectivity index (χ1) is 18.3. The van der Waals surface area contributed by atoms with Crippen LogP contribution >= 0.6 is 0 Å². The Kier molecular flexibility index (Phi) is 5.18. The van der Waals surface area contributed by atoms with Gasteiger partial charge in [0, 0.05) is 11.1 Å². The molecule has 37 heavy (non-hydrogen) atoms. The van der Waals surface area contributed by atoms with Gasteiger partial charge in [-0.1, -0.05) is 97.1 Å². The fraction of sp³-hybridized carbons (Fsp3) is 0.0294. The lowest BCUT2D eigenvalue weighted by atomic mass is 10.0. The van der Waals surface area contributed by atoms with E-state index in [1.54, 1.807) is 0 Å². The van der Waals surface area contributed by atoms with E-state index in [1.807, 2.05) is 24.5 Å². The summed E-state index contributed by atoms with van der Waals surface area (Å²) in [5.41, 5.74) is 9.87. The second-order valence-corrected chi connectivity index (χ2v) is 9.31. The van der Waals surface area contributed by atoms with Crippen molar-refractivity contribution >= 4 is 22.0 Å². The van der Waals surface area contributed by atoms with Crippen molar-refractivity contribution in [2.45, 2.75) is 6.42 Å². The Bertz CT molecular complexity index is 1830. The van der Waals surface area contributed by atoms with Crippen LogP contribution in [-0.4, -0.2) is 9.55 Å². The molecular formula is C34H24N2O. The van der Waals surface area contributed by atoms with Crippen molar-refractivity contribution in [3.8, 4) is 28.2 Å². The van der Waals surface area contributed by atoms with E-state index in [9.17, 15) is 0 Å². The maximum absolute atomic E-state index is 6.09. The minimum atomic E-state index is 0.874. The molecule has 5 aromatic carbocycles. The van der Waals surface area contributed by atoms with Gasteiger partial charge in [-0.15, -0.1) is 0 Å². The van der Waals surface area contributed by atoms with Gasteiger partial charge >= 0.3 is 0 Å². The number of hydrogen-bond acceptors (Lipinski definition) is 2. The van der Waals surface area contributed by atoms with Crippen molar-refractivity contribution in [2.75, 3.05) is 0 Å². The summed E-state index contributed by atoms with van der Waals surface area (Å²) in [6, 6.07) is 44.4. The van der Waals surface area contributed by atoms with Crippen LogP contribution in [0.15, 0.2) is 138 Å². The van der Waals surface area contributed by atoms with Crippen LogP contribution in [0.25, 0.3) is 50.2 Å². The molecule has 7 rings (SSSR count). The Morgan fingerprint density at radius 1 is 0.622 bits per heavy atom. The number of nitrogens with zero attached hydrogens (tertiary/aromatic N) is 2. The molecule has 0 bridgehead atoms. The van der Waals surface area contributed by atoms with Crippen LogP contribution in [0, 0.1) is 0 Å². The number of benzene rings is 5. The fourth-order valence-electron chi connectivity index (χ4n) is 5.09. The Labute approximate surface area is 215 Å². The summed E-state index contributed by atoms with van der Waals surface area (Å²) >= 11 is 0. The Hall–Kier alpha value is -4.89. The average Bonchev–Trinajstić information content (AvgIpc) is 3.55. The topological polar surface area (TPSA) is 31.0 Å². The molecule has 0 radical (unpaired) electrons. The summed E-state index contributed by atoms with van der Waals surface area (Å²) in [5, 5.41) is 1.06. The molecule has 2 aromatic heterocycles. The first kappa shape index (κ1) is 21.4. The molecule has 0 amide bonds. The van der Waals surface area contributed by atoms with E-state index in [0.717, 1.165) is 45.5 Å². The predicted octanol–water partition coefficient (Wildman–Crippen LogP) is 8.70. The highest BCUT2D eigenvalue weighted by Gasteiger charge is 2.18. The van der Waals surface area contributed by atoms with Crippen LogP contribution < -0.4 is 0 Å². The van der Waals surface area contributed by atoms with Crippen LogP contribution in [-0.2, 0) is 6.42 Å². The van der Waals surface area contributed by atoms with Gasteiger partial charge in [0.05, 0.1) is 16.6 Å². The Morgan fingerprint density at radius 2 is 1.32 bits per heavy atom. The smallest absolute Gasteiger partial charge is 0.149 e. The number of para-hydroxylation sites is 2. The van der Waals surface area contributed by atoms with Crippen molar-refractivity contribution < 1.29 is 4.42 Å². The first-order valence-electron chi connectivity index (χ1n) is 12.5. The zero-order valence-corrected chi connectivity index (χ0v) is 20.2. The summed E-state index contributed by atoms with van der Waals surface area (Å²) in [6.07, 6.45) is 2.71. The summed E-state index contributed by atoms with van der Waals surface area (Å²) in [6.45, 7) is 0. The quantitative estimate of drug-likeness (QED) is 0.249. The third kappa shape index (κ3) is 3.91. The molecule has 0 saturated carbocycles. The van der Waals surface area contributed by atoms with E-state index in [2.05, 4.69) is 114 Å². The van der Waals surface area contributed by atoms with Crippen molar-refractivity contribution in [3.05, 3.63) is 145 Å². The van der Waals surface area contributed by atoms with Crippen molar-refractivity contribution in [1.82, 2.24) is 9.55 Å².